The number of H-pyrrole nitrogens is 1. The van der Waals surface area contributed by atoms with E-state index in [1.165, 1.54) is 17.7 Å². The first-order chi connectivity index (χ1) is 15.5. The van der Waals surface area contributed by atoms with Crippen molar-refractivity contribution in [2.45, 2.75) is 39.8 Å². The van der Waals surface area contributed by atoms with Gasteiger partial charge < -0.3 is 19.9 Å². The Kier molecular flexibility index (Phi) is 8.76. The summed E-state index contributed by atoms with van der Waals surface area (Å²) in [5, 5.41) is 4.80. The molecule has 0 bridgehead atoms. The summed E-state index contributed by atoms with van der Waals surface area (Å²) < 4.78 is 18.7. The maximum atomic E-state index is 13.4. The van der Waals surface area contributed by atoms with Gasteiger partial charge in [0.25, 0.3) is 5.56 Å². The van der Waals surface area contributed by atoms with Crippen LogP contribution in [-0.2, 0) is 24.2 Å². The third-order valence-corrected chi connectivity index (χ3v) is 5.68. The van der Waals surface area contributed by atoms with E-state index >= 15 is 0 Å². The second-order valence-corrected chi connectivity index (χ2v) is 8.05. The van der Waals surface area contributed by atoms with Gasteiger partial charge in [0.15, 0.2) is 5.11 Å². The molecule has 0 amide bonds. The maximum absolute atomic E-state index is 13.4. The first-order valence-electron chi connectivity index (χ1n) is 11.0. The van der Waals surface area contributed by atoms with Gasteiger partial charge in [-0.15, -0.1) is 0 Å². The Morgan fingerprint density at radius 1 is 1.09 bits per heavy atom. The molecule has 1 heterocycles. The monoisotopic (exact) mass is 455 g/mol. The molecule has 0 aliphatic carbocycles. The molecule has 0 fully saturated rings. The number of nitrogens with one attached hydrogen (secondary N) is 2. The minimum absolute atomic E-state index is 0.134. The largest absolute Gasteiger partial charge is 0.382 e. The predicted octanol–water partition coefficient (Wildman–Crippen LogP) is 4.53. The number of halogens is 1. The van der Waals surface area contributed by atoms with Crippen molar-refractivity contribution in [3.63, 3.8) is 0 Å². The van der Waals surface area contributed by atoms with Gasteiger partial charge in [0.1, 0.15) is 5.82 Å². The fraction of sp³-hybridized carbons (Fsp3) is 0.360. The number of pyridine rings is 1. The van der Waals surface area contributed by atoms with Crippen LogP contribution in [0.3, 0.4) is 0 Å². The van der Waals surface area contributed by atoms with Crippen LogP contribution in [0, 0.1) is 5.82 Å². The zero-order valence-corrected chi connectivity index (χ0v) is 19.4. The second-order valence-electron chi connectivity index (χ2n) is 7.66. The average Bonchev–Trinajstić information content (AvgIpc) is 2.79. The first kappa shape index (κ1) is 23.9. The molecule has 0 radical (unpaired) electrons. The first-order valence-corrected chi connectivity index (χ1v) is 11.4. The van der Waals surface area contributed by atoms with Crippen molar-refractivity contribution in [1.82, 2.24) is 15.2 Å². The SMILES string of the molecule is CCOCCCNC(=S)N(Cc1ccc(F)cc1)Cc1cc2cc(CC)ccc2[nH]c1=O. The number of aryl methyl sites for hydroxylation is 1. The van der Waals surface area contributed by atoms with E-state index in [9.17, 15) is 9.18 Å². The lowest BCUT2D eigenvalue weighted by molar-refractivity contribution is 0.145. The molecule has 0 aliphatic heterocycles. The van der Waals surface area contributed by atoms with E-state index in [4.69, 9.17) is 17.0 Å². The lowest BCUT2D eigenvalue weighted by Crippen LogP contribution is -2.40. The topological polar surface area (TPSA) is 57.4 Å². The Labute approximate surface area is 193 Å². The molecule has 3 rings (SSSR count). The number of fused-ring (bicyclic) bond motifs is 1. The number of nitrogens with zero attached hydrogens (tertiary/aromatic N) is 1. The van der Waals surface area contributed by atoms with Gasteiger partial charge in [0.05, 0.1) is 6.54 Å². The molecule has 1 aromatic heterocycles. The molecule has 0 spiro atoms. The highest BCUT2D eigenvalue weighted by molar-refractivity contribution is 7.80. The summed E-state index contributed by atoms with van der Waals surface area (Å²) >= 11 is 5.64. The molecule has 0 saturated heterocycles. The summed E-state index contributed by atoms with van der Waals surface area (Å²) in [6.07, 6.45) is 1.76. The van der Waals surface area contributed by atoms with Crippen LogP contribution >= 0.6 is 12.2 Å². The van der Waals surface area contributed by atoms with E-state index < -0.39 is 0 Å². The van der Waals surface area contributed by atoms with Crippen LogP contribution in [0.4, 0.5) is 4.39 Å². The lowest BCUT2D eigenvalue weighted by atomic mass is 10.1. The lowest BCUT2D eigenvalue weighted by Gasteiger charge is -2.26. The summed E-state index contributed by atoms with van der Waals surface area (Å²) in [7, 11) is 0. The van der Waals surface area contributed by atoms with E-state index in [1.807, 2.05) is 30.0 Å². The van der Waals surface area contributed by atoms with Crippen LogP contribution < -0.4 is 10.9 Å². The van der Waals surface area contributed by atoms with Crippen LogP contribution in [0.1, 0.15) is 37.0 Å². The van der Waals surface area contributed by atoms with Gasteiger partial charge in [-0.1, -0.05) is 25.1 Å². The van der Waals surface area contributed by atoms with Crippen molar-refractivity contribution in [1.29, 1.82) is 0 Å². The van der Waals surface area contributed by atoms with E-state index in [1.54, 1.807) is 12.1 Å². The summed E-state index contributed by atoms with van der Waals surface area (Å²) in [4.78, 5) is 17.7. The highest BCUT2D eigenvalue weighted by atomic mass is 32.1. The van der Waals surface area contributed by atoms with Gasteiger partial charge in [0.2, 0.25) is 0 Å². The molecule has 2 N–H and O–H groups in total. The quantitative estimate of drug-likeness (QED) is 0.347. The number of thiocarbonyl (C=S) groups is 1. The van der Waals surface area contributed by atoms with E-state index in [0.29, 0.717) is 43.5 Å². The van der Waals surface area contributed by atoms with Gasteiger partial charge in [-0.3, -0.25) is 4.79 Å². The number of benzene rings is 2. The number of hydrogen-bond donors (Lipinski definition) is 2. The smallest absolute Gasteiger partial charge is 0.253 e. The fourth-order valence-electron chi connectivity index (χ4n) is 3.48. The molecule has 5 nitrogen and oxygen atoms in total. The fourth-order valence-corrected chi connectivity index (χ4v) is 3.71. The normalized spacial score (nSPS) is 11.0. The van der Waals surface area contributed by atoms with Crippen LogP contribution in [0.5, 0.6) is 0 Å². The Balaban J connectivity index is 1.81. The summed E-state index contributed by atoms with van der Waals surface area (Å²) in [5.74, 6) is -0.283. The third-order valence-electron chi connectivity index (χ3n) is 5.27. The molecule has 0 aliphatic rings. The summed E-state index contributed by atoms with van der Waals surface area (Å²) in [5.41, 5.74) is 3.44. The maximum Gasteiger partial charge on any atom is 0.253 e. The Morgan fingerprint density at radius 3 is 2.56 bits per heavy atom. The Hall–Kier alpha value is -2.77. The van der Waals surface area contributed by atoms with Crippen LogP contribution in [0.15, 0.2) is 53.3 Å². The number of aromatic amines is 1. The molecule has 32 heavy (non-hydrogen) atoms. The van der Waals surface area contributed by atoms with Crippen LogP contribution in [0.25, 0.3) is 10.9 Å². The Morgan fingerprint density at radius 2 is 1.84 bits per heavy atom. The minimum atomic E-state index is -0.283. The summed E-state index contributed by atoms with van der Waals surface area (Å²) in [6, 6.07) is 14.3. The highest BCUT2D eigenvalue weighted by Gasteiger charge is 2.14. The molecule has 0 saturated carbocycles. The van der Waals surface area contributed by atoms with Crippen molar-refractivity contribution in [3.8, 4) is 0 Å². The zero-order chi connectivity index (χ0) is 22.9. The molecule has 170 valence electrons. The molecule has 3 aromatic rings. The van der Waals surface area contributed by atoms with E-state index in [0.717, 1.165) is 29.3 Å². The molecule has 7 heteroatoms. The molecule has 0 atom stereocenters. The molecule has 0 unspecified atom stereocenters. The predicted molar refractivity (Wildman–Crippen MR) is 131 cm³/mol. The molecule has 2 aromatic carbocycles. The third kappa shape index (κ3) is 6.61. The Bertz CT molecular complexity index is 1100. The minimum Gasteiger partial charge on any atom is -0.382 e. The van der Waals surface area contributed by atoms with E-state index in [-0.39, 0.29) is 11.4 Å². The highest BCUT2D eigenvalue weighted by Crippen LogP contribution is 2.16. The number of aromatic nitrogens is 1. The van der Waals surface area contributed by atoms with Gasteiger partial charge in [-0.25, -0.2) is 4.39 Å². The van der Waals surface area contributed by atoms with Crippen molar-refractivity contribution in [3.05, 3.63) is 81.4 Å². The number of rotatable bonds is 10. The zero-order valence-electron chi connectivity index (χ0n) is 18.6. The number of ether oxygens (including phenoxy) is 1. The van der Waals surface area contributed by atoms with Gasteiger partial charge >= 0.3 is 0 Å². The van der Waals surface area contributed by atoms with Crippen LogP contribution in [-0.4, -0.2) is 34.8 Å². The second kappa shape index (κ2) is 11.7. The van der Waals surface area contributed by atoms with Gasteiger partial charge in [0, 0.05) is 37.4 Å². The molecular formula is C25H30FN3O2S. The number of hydrogen-bond acceptors (Lipinski definition) is 3. The van der Waals surface area contributed by atoms with Crippen LogP contribution in [0.2, 0.25) is 0 Å². The van der Waals surface area contributed by atoms with Crippen molar-refractivity contribution >= 4 is 28.2 Å². The van der Waals surface area contributed by atoms with Gasteiger partial charge in [-0.05, 0) is 78.8 Å². The molecular weight excluding hydrogens is 425 g/mol. The van der Waals surface area contributed by atoms with E-state index in [2.05, 4.69) is 23.3 Å². The standard InChI is InChI=1S/C25H30FN3O2S/c1-3-18-8-11-23-20(14-18)15-21(24(30)28-23)17-29(16-19-6-9-22(26)10-7-19)25(32)27-12-5-13-31-4-2/h6-11,14-15H,3-5,12-13,16-17H2,1-2H3,(H,27,32)(H,28,30). The van der Waals surface area contributed by atoms with Gasteiger partial charge in [-0.2, -0.15) is 0 Å². The van der Waals surface area contributed by atoms with Crippen molar-refractivity contribution in [2.24, 2.45) is 0 Å². The van der Waals surface area contributed by atoms with Crippen molar-refractivity contribution in [2.75, 3.05) is 19.8 Å². The average molecular weight is 456 g/mol. The summed E-state index contributed by atoms with van der Waals surface area (Å²) in [6.45, 7) is 6.90. The van der Waals surface area contributed by atoms with Crippen molar-refractivity contribution < 1.29 is 9.13 Å².